The molecule has 0 bridgehead atoms. The number of nitrogens with zero attached hydrogens (tertiary/aromatic N) is 2. The van der Waals surface area contributed by atoms with E-state index in [4.69, 9.17) is 9.88 Å². The molecule has 3 rings (SSSR count). The average molecular weight is 468 g/mol. The maximum Gasteiger partial charge on any atom is 0.246 e. The highest BCUT2D eigenvalue weighted by molar-refractivity contribution is 7.89. The normalized spacial score (nSPS) is 26.0. The Hall–Kier alpha value is -1.81. The van der Waals surface area contributed by atoms with Gasteiger partial charge in [-0.3, -0.25) is 9.69 Å². The van der Waals surface area contributed by atoms with E-state index in [2.05, 4.69) is 11.5 Å². The summed E-state index contributed by atoms with van der Waals surface area (Å²) in [6, 6.07) is 5.20. The van der Waals surface area contributed by atoms with Crippen LogP contribution >= 0.6 is 0 Å². The summed E-state index contributed by atoms with van der Waals surface area (Å²) in [7, 11) is -3.54. The van der Waals surface area contributed by atoms with Crippen LogP contribution in [0.2, 0.25) is 0 Å². The Balaban J connectivity index is 1.70. The summed E-state index contributed by atoms with van der Waals surface area (Å²) >= 11 is 0. The number of piperazine rings is 1. The van der Waals surface area contributed by atoms with Crippen LogP contribution in [-0.2, 0) is 19.6 Å². The highest BCUT2D eigenvalue weighted by Crippen LogP contribution is 2.31. The van der Waals surface area contributed by atoms with Gasteiger partial charge in [0.25, 0.3) is 0 Å². The molecule has 2 fully saturated rings. The van der Waals surface area contributed by atoms with Crippen LogP contribution in [0.4, 0.5) is 4.39 Å². The fraction of sp³-hybridized carbons (Fsp3) is 0.609. The first-order chi connectivity index (χ1) is 15.1. The van der Waals surface area contributed by atoms with E-state index >= 15 is 0 Å². The Labute approximate surface area is 190 Å². The third-order valence-corrected chi connectivity index (χ3v) is 8.00. The molecule has 0 unspecified atom stereocenters. The summed E-state index contributed by atoms with van der Waals surface area (Å²) < 4.78 is 44.0. The van der Waals surface area contributed by atoms with Crippen LogP contribution in [0.5, 0.6) is 0 Å². The molecule has 0 spiro atoms. The molecule has 1 aromatic rings. The molecule has 9 heteroatoms. The van der Waals surface area contributed by atoms with Gasteiger partial charge in [-0.2, -0.15) is 0 Å². The second-order valence-corrected chi connectivity index (χ2v) is 10.8. The summed E-state index contributed by atoms with van der Waals surface area (Å²) in [6.45, 7) is 9.84. The molecule has 1 aliphatic heterocycles. The van der Waals surface area contributed by atoms with E-state index in [-0.39, 0.29) is 30.0 Å². The van der Waals surface area contributed by atoms with Gasteiger partial charge in [-0.15, -0.1) is 0 Å². The number of carbonyl (C=O) groups is 1. The van der Waals surface area contributed by atoms with Crippen molar-refractivity contribution in [1.82, 2.24) is 9.80 Å². The quantitative estimate of drug-likeness (QED) is 0.622. The molecule has 2 atom stereocenters. The molecule has 0 aromatic heterocycles. The van der Waals surface area contributed by atoms with E-state index in [1.54, 1.807) is 17.9 Å². The van der Waals surface area contributed by atoms with Crippen LogP contribution in [0.25, 0.3) is 0 Å². The van der Waals surface area contributed by atoms with Crippen molar-refractivity contribution in [3.63, 3.8) is 0 Å². The summed E-state index contributed by atoms with van der Waals surface area (Å²) in [5, 5.41) is 4.79. The number of rotatable bonds is 7. The molecule has 178 valence electrons. The van der Waals surface area contributed by atoms with E-state index in [9.17, 15) is 17.6 Å². The van der Waals surface area contributed by atoms with Crippen LogP contribution in [0.1, 0.15) is 49.8 Å². The van der Waals surface area contributed by atoms with Gasteiger partial charge in [0, 0.05) is 32.2 Å². The molecule has 1 aliphatic carbocycles. The van der Waals surface area contributed by atoms with Gasteiger partial charge in [-0.1, -0.05) is 18.7 Å². The van der Waals surface area contributed by atoms with Crippen molar-refractivity contribution in [1.29, 1.82) is 0 Å². The lowest BCUT2D eigenvalue weighted by Crippen LogP contribution is -2.54. The van der Waals surface area contributed by atoms with Crippen LogP contribution in [-0.4, -0.2) is 67.7 Å². The highest BCUT2D eigenvalue weighted by atomic mass is 32.2. The minimum Gasteiger partial charge on any atom is -0.369 e. The fourth-order valence-electron chi connectivity index (χ4n) is 4.64. The lowest BCUT2D eigenvalue weighted by Gasteiger charge is -2.41. The van der Waals surface area contributed by atoms with Gasteiger partial charge in [0.2, 0.25) is 15.9 Å². The van der Waals surface area contributed by atoms with E-state index < -0.39 is 15.3 Å². The highest BCUT2D eigenvalue weighted by Gasteiger charge is 2.32. The SMILES string of the molecule is C=CC(=O)N1CCN(C[C@@H](OC2CCC(S(N)(=O)=O)CC2)c2ccc(C)c(F)c2)C[C@H]1C. The van der Waals surface area contributed by atoms with Crippen molar-refractivity contribution in [3.05, 3.63) is 47.8 Å². The van der Waals surface area contributed by atoms with Crippen molar-refractivity contribution < 1.29 is 22.3 Å². The van der Waals surface area contributed by atoms with Gasteiger partial charge in [0.1, 0.15) is 5.82 Å². The molecular weight excluding hydrogens is 433 g/mol. The van der Waals surface area contributed by atoms with E-state index in [1.165, 1.54) is 12.1 Å². The van der Waals surface area contributed by atoms with Crippen LogP contribution in [0, 0.1) is 12.7 Å². The molecular formula is C23H34FN3O4S. The van der Waals surface area contributed by atoms with Gasteiger partial charge in [-0.05, 0) is 62.8 Å². The predicted octanol–water partition coefficient (Wildman–Crippen LogP) is 2.51. The number of halogens is 1. The Morgan fingerprint density at radius 1 is 1.31 bits per heavy atom. The van der Waals surface area contributed by atoms with Crippen molar-refractivity contribution in [2.24, 2.45) is 5.14 Å². The molecule has 1 saturated heterocycles. The third-order valence-electron chi connectivity index (χ3n) is 6.60. The Bertz CT molecular complexity index is 931. The van der Waals surface area contributed by atoms with Crippen molar-refractivity contribution >= 4 is 15.9 Å². The van der Waals surface area contributed by atoms with Gasteiger partial charge in [0.15, 0.2) is 0 Å². The summed E-state index contributed by atoms with van der Waals surface area (Å²) in [5.41, 5.74) is 1.34. The van der Waals surface area contributed by atoms with E-state index in [1.807, 2.05) is 13.0 Å². The second kappa shape index (κ2) is 10.4. The molecule has 1 saturated carbocycles. The lowest BCUT2D eigenvalue weighted by molar-refractivity contribution is -0.131. The first-order valence-electron chi connectivity index (χ1n) is 11.2. The number of nitrogens with two attached hydrogens (primary N) is 1. The van der Waals surface area contributed by atoms with Gasteiger partial charge in [0.05, 0.1) is 17.5 Å². The van der Waals surface area contributed by atoms with Gasteiger partial charge < -0.3 is 9.64 Å². The second-order valence-electron chi connectivity index (χ2n) is 8.97. The summed E-state index contributed by atoms with van der Waals surface area (Å²) in [6.07, 6.45) is 3.02. The number of aryl methyl sites for hydroxylation is 1. The number of carbonyl (C=O) groups excluding carboxylic acids is 1. The topological polar surface area (TPSA) is 92.9 Å². The number of ether oxygens (including phenoxy) is 1. The lowest BCUT2D eigenvalue weighted by atomic mass is 9.96. The predicted molar refractivity (Wildman–Crippen MR) is 122 cm³/mol. The van der Waals surface area contributed by atoms with Crippen LogP contribution < -0.4 is 5.14 Å². The summed E-state index contributed by atoms with van der Waals surface area (Å²) in [4.78, 5) is 16.1. The molecule has 1 amide bonds. The number of hydrogen-bond acceptors (Lipinski definition) is 5. The first-order valence-corrected chi connectivity index (χ1v) is 12.8. The third kappa shape index (κ3) is 6.15. The Morgan fingerprint density at radius 3 is 2.56 bits per heavy atom. The largest absolute Gasteiger partial charge is 0.369 e. The zero-order valence-corrected chi connectivity index (χ0v) is 19.7. The number of hydrogen-bond donors (Lipinski definition) is 1. The number of benzene rings is 1. The minimum atomic E-state index is -3.54. The number of sulfonamides is 1. The van der Waals surface area contributed by atoms with Crippen LogP contribution in [0.3, 0.4) is 0 Å². The molecule has 0 radical (unpaired) electrons. The van der Waals surface area contributed by atoms with Gasteiger partial charge >= 0.3 is 0 Å². The maximum atomic E-state index is 14.3. The van der Waals surface area contributed by atoms with E-state index in [0.29, 0.717) is 57.4 Å². The standard InChI is InChI=1S/C23H34FN3O4S/c1-4-23(28)27-12-11-26(14-17(27)3)15-22(18-6-5-16(2)21(24)13-18)31-19-7-9-20(10-8-19)32(25,29)30/h4-6,13,17,19-20,22H,1,7-12,14-15H2,2-3H3,(H2,25,29,30)/t17-,19?,20?,22-/m1/s1. The number of amides is 1. The molecule has 2 N–H and O–H groups in total. The molecule has 7 nitrogen and oxygen atoms in total. The van der Waals surface area contributed by atoms with Crippen molar-refractivity contribution in [2.75, 3.05) is 26.2 Å². The number of primary sulfonamides is 1. The monoisotopic (exact) mass is 467 g/mol. The molecule has 2 aliphatic rings. The fourth-order valence-corrected chi connectivity index (χ4v) is 5.57. The zero-order chi connectivity index (χ0) is 23.5. The van der Waals surface area contributed by atoms with E-state index in [0.717, 1.165) is 5.56 Å². The summed E-state index contributed by atoms with van der Waals surface area (Å²) in [5.74, 6) is -0.346. The van der Waals surface area contributed by atoms with Crippen molar-refractivity contribution in [3.8, 4) is 0 Å². The Morgan fingerprint density at radius 2 is 2.00 bits per heavy atom. The smallest absolute Gasteiger partial charge is 0.246 e. The minimum absolute atomic E-state index is 0.0369. The molecule has 1 aromatic carbocycles. The van der Waals surface area contributed by atoms with Crippen LogP contribution in [0.15, 0.2) is 30.9 Å². The van der Waals surface area contributed by atoms with Crippen molar-refractivity contribution in [2.45, 2.75) is 63.0 Å². The Kier molecular flexibility index (Phi) is 8.08. The molecule has 32 heavy (non-hydrogen) atoms. The zero-order valence-electron chi connectivity index (χ0n) is 18.9. The average Bonchev–Trinajstić information content (AvgIpc) is 2.74. The first kappa shape index (κ1) is 24.8. The molecule has 1 heterocycles. The van der Waals surface area contributed by atoms with Gasteiger partial charge in [-0.25, -0.2) is 17.9 Å². The maximum absolute atomic E-state index is 14.3.